The third-order valence-electron chi connectivity index (χ3n) is 4.36. The zero-order chi connectivity index (χ0) is 16.8. The molecule has 1 unspecified atom stereocenters. The lowest BCUT2D eigenvalue weighted by Crippen LogP contribution is -2.32. The van der Waals surface area contributed by atoms with Crippen LogP contribution in [-0.4, -0.2) is 63.4 Å². The maximum absolute atomic E-state index is 11.8. The topological polar surface area (TPSA) is 50.8 Å². The van der Waals surface area contributed by atoms with Crippen LogP contribution in [0.1, 0.15) is 52.4 Å². The van der Waals surface area contributed by atoms with Crippen LogP contribution in [-0.2, 0) is 14.3 Å². The largest absolute Gasteiger partial charge is 0.378 e. The predicted molar refractivity (Wildman–Crippen MR) is 93.6 cm³/mol. The Morgan fingerprint density at radius 1 is 1.09 bits per heavy atom. The summed E-state index contributed by atoms with van der Waals surface area (Å²) in [7, 11) is 0. The summed E-state index contributed by atoms with van der Waals surface area (Å²) in [6.07, 6.45) is 7.17. The molecule has 1 atom stereocenters. The number of nitrogens with one attached hydrogen (secondary N) is 1. The third-order valence-corrected chi connectivity index (χ3v) is 4.36. The van der Waals surface area contributed by atoms with Crippen molar-refractivity contribution in [2.24, 2.45) is 5.92 Å². The molecule has 1 amide bonds. The summed E-state index contributed by atoms with van der Waals surface area (Å²) >= 11 is 0. The molecular weight excluding hydrogens is 292 g/mol. The van der Waals surface area contributed by atoms with E-state index in [1.807, 2.05) is 6.92 Å². The van der Waals surface area contributed by atoms with Crippen molar-refractivity contribution in [3.63, 3.8) is 0 Å². The summed E-state index contributed by atoms with van der Waals surface area (Å²) < 4.78 is 11.0. The lowest BCUT2D eigenvalue weighted by Gasteiger charge is -2.14. The smallest absolute Gasteiger partial charge is 0.222 e. The van der Waals surface area contributed by atoms with Crippen LogP contribution in [0.25, 0.3) is 0 Å². The van der Waals surface area contributed by atoms with Gasteiger partial charge in [-0.05, 0) is 32.4 Å². The number of unbranched alkanes of at least 4 members (excludes halogenated alkanes) is 2. The van der Waals surface area contributed by atoms with E-state index in [0.29, 0.717) is 26.4 Å². The Labute approximate surface area is 142 Å². The average Bonchev–Trinajstić information content (AvgIpc) is 3.06. The quantitative estimate of drug-likeness (QED) is 0.498. The molecule has 0 aromatic carbocycles. The number of carbonyl (C=O) groups is 1. The minimum absolute atomic E-state index is 0.107. The number of hydrogen-bond donors (Lipinski definition) is 1. The predicted octanol–water partition coefficient (Wildman–Crippen LogP) is 2.45. The lowest BCUT2D eigenvalue weighted by molar-refractivity contribution is -0.125. The highest BCUT2D eigenvalue weighted by atomic mass is 16.5. The molecule has 1 saturated heterocycles. The second kappa shape index (κ2) is 13.8. The first-order valence-electron chi connectivity index (χ1n) is 9.39. The van der Waals surface area contributed by atoms with E-state index < -0.39 is 0 Å². The van der Waals surface area contributed by atoms with Crippen molar-refractivity contribution >= 4 is 5.91 Å². The van der Waals surface area contributed by atoms with E-state index in [4.69, 9.17) is 9.47 Å². The Bertz CT molecular complexity index is 294. The van der Waals surface area contributed by atoms with Crippen LogP contribution < -0.4 is 5.32 Å². The molecular formula is C18H36N2O3. The molecule has 5 nitrogen and oxygen atoms in total. The van der Waals surface area contributed by atoms with Gasteiger partial charge in [-0.1, -0.05) is 33.1 Å². The van der Waals surface area contributed by atoms with Gasteiger partial charge in [0, 0.05) is 19.0 Å². The van der Waals surface area contributed by atoms with Gasteiger partial charge < -0.3 is 19.7 Å². The highest BCUT2D eigenvalue weighted by Crippen LogP contribution is 2.09. The number of rotatable bonds is 14. The van der Waals surface area contributed by atoms with E-state index >= 15 is 0 Å². The molecule has 1 aliphatic rings. The molecule has 0 aromatic heterocycles. The monoisotopic (exact) mass is 328 g/mol. The van der Waals surface area contributed by atoms with E-state index in [0.717, 1.165) is 26.0 Å². The number of hydrogen-bond acceptors (Lipinski definition) is 4. The van der Waals surface area contributed by atoms with Crippen LogP contribution in [0.3, 0.4) is 0 Å². The summed E-state index contributed by atoms with van der Waals surface area (Å²) in [6, 6.07) is 0. The molecule has 1 rings (SSSR count). The van der Waals surface area contributed by atoms with Crippen molar-refractivity contribution in [2.45, 2.75) is 52.4 Å². The van der Waals surface area contributed by atoms with Gasteiger partial charge in [0.05, 0.1) is 26.4 Å². The molecule has 136 valence electrons. The first kappa shape index (κ1) is 20.4. The number of nitrogens with zero attached hydrogens (tertiary/aromatic N) is 1. The van der Waals surface area contributed by atoms with Gasteiger partial charge in [0.15, 0.2) is 0 Å². The fourth-order valence-corrected chi connectivity index (χ4v) is 2.77. The van der Waals surface area contributed by atoms with Gasteiger partial charge in [0.2, 0.25) is 5.91 Å². The van der Waals surface area contributed by atoms with Crippen LogP contribution in [0.4, 0.5) is 0 Å². The molecule has 23 heavy (non-hydrogen) atoms. The van der Waals surface area contributed by atoms with Crippen molar-refractivity contribution in [3.8, 4) is 0 Å². The summed E-state index contributed by atoms with van der Waals surface area (Å²) in [4.78, 5) is 14.3. The van der Waals surface area contributed by atoms with Crippen molar-refractivity contribution in [3.05, 3.63) is 0 Å². The molecule has 0 radical (unpaired) electrons. The third kappa shape index (κ3) is 10.7. The maximum atomic E-state index is 11.8. The van der Waals surface area contributed by atoms with Gasteiger partial charge in [-0.25, -0.2) is 0 Å². The molecule has 0 aromatic rings. The number of likely N-dealkylation sites (tertiary alicyclic amines) is 1. The van der Waals surface area contributed by atoms with Crippen molar-refractivity contribution in [2.75, 3.05) is 52.6 Å². The van der Waals surface area contributed by atoms with Crippen LogP contribution in [0.2, 0.25) is 0 Å². The molecule has 1 N–H and O–H groups in total. The molecule has 5 heteroatoms. The lowest BCUT2D eigenvalue weighted by atomic mass is 10.0. The van der Waals surface area contributed by atoms with E-state index in [-0.39, 0.29) is 11.8 Å². The van der Waals surface area contributed by atoms with Gasteiger partial charge in [-0.15, -0.1) is 0 Å². The van der Waals surface area contributed by atoms with Crippen molar-refractivity contribution in [1.82, 2.24) is 10.2 Å². The second-order valence-electron chi connectivity index (χ2n) is 6.46. The SMILES string of the molecule is CCCCCC(C)C(=O)NCCOCCOCCN1CCCC1. The van der Waals surface area contributed by atoms with Crippen molar-refractivity contribution in [1.29, 1.82) is 0 Å². The molecule has 1 aliphatic heterocycles. The zero-order valence-corrected chi connectivity index (χ0v) is 15.1. The van der Waals surface area contributed by atoms with Crippen LogP contribution in [0.5, 0.6) is 0 Å². The van der Waals surface area contributed by atoms with Crippen LogP contribution >= 0.6 is 0 Å². The summed E-state index contributed by atoms with van der Waals surface area (Å²) in [6.45, 7) is 10.8. The summed E-state index contributed by atoms with van der Waals surface area (Å²) in [5.41, 5.74) is 0. The van der Waals surface area contributed by atoms with E-state index in [9.17, 15) is 4.79 Å². The molecule has 0 aliphatic carbocycles. The summed E-state index contributed by atoms with van der Waals surface area (Å²) in [5, 5.41) is 2.94. The number of ether oxygens (including phenoxy) is 2. The second-order valence-corrected chi connectivity index (χ2v) is 6.46. The van der Waals surface area contributed by atoms with Crippen molar-refractivity contribution < 1.29 is 14.3 Å². The van der Waals surface area contributed by atoms with Crippen LogP contribution in [0.15, 0.2) is 0 Å². The van der Waals surface area contributed by atoms with Gasteiger partial charge in [-0.2, -0.15) is 0 Å². The number of amides is 1. The Morgan fingerprint density at radius 2 is 1.78 bits per heavy atom. The van der Waals surface area contributed by atoms with E-state index in [1.165, 1.54) is 38.8 Å². The Balaban J connectivity index is 1.82. The first-order valence-corrected chi connectivity index (χ1v) is 9.39. The average molecular weight is 328 g/mol. The van der Waals surface area contributed by atoms with E-state index in [1.54, 1.807) is 0 Å². The molecule has 1 heterocycles. The first-order chi connectivity index (χ1) is 11.2. The fourth-order valence-electron chi connectivity index (χ4n) is 2.77. The maximum Gasteiger partial charge on any atom is 0.222 e. The standard InChI is InChI=1S/C18H36N2O3/c1-3-4-5-8-17(2)18(21)19-9-13-22-15-16-23-14-12-20-10-6-7-11-20/h17H,3-16H2,1-2H3,(H,19,21). The Kier molecular flexibility index (Phi) is 12.2. The Hall–Kier alpha value is -0.650. The van der Waals surface area contributed by atoms with Gasteiger partial charge in [0.1, 0.15) is 0 Å². The minimum atomic E-state index is 0.107. The number of carbonyl (C=O) groups excluding carboxylic acids is 1. The van der Waals surface area contributed by atoms with Gasteiger partial charge in [0.25, 0.3) is 0 Å². The summed E-state index contributed by atoms with van der Waals surface area (Å²) in [5.74, 6) is 0.252. The molecule has 0 spiro atoms. The zero-order valence-electron chi connectivity index (χ0n) is 15.1. The highest BCUT2D eigenvalue weighted by Gasteiger charge is 2.11. The fraction of sp³-hybridized carbons (Fsp3) is 0.944. The van der Waals surface area contributed by atoms with Gasteiger partial charge in [-0.3, -0.25) is 4.79 Å². The normalized spacial score (nSPS) is 16.6. The molecule has 0 bridgehead atoms. The van der Waals surface area contributed by atoms with E-state index in [2.05, 4.69) is 17.1 Å². The molecule has 1 fully saturated rings. The minimum Gasteiger partial charge on any atom is -0.378 e. The Morgan fingerprint density at radius 3 is 2.48 bits per heavy atom. The van der Waals surface area contributed by atoms with Crippen LogP contribution in [0, 0.1) is 5.92 Å². The molecule has 0 saturated carbocycles. The van der Waals surface area contributed by atoms with Gasteiger partial charge >= 0.3 is 0 Å². The highest BCUT2D eigenvalue weighted by molar-refractivity contribution is 5.78.